The van der Waals surface area contributed by atoms with E-state index >= 15 is 0 Å². The Hall–Kier alpha value is -3.09. The van der Waals surface area contributed by atoms with Crippen molar-refractivity contribution >= 4 is 46.4 Å². The molecule has 0 aromatic heterocycles. The molecule has 0 saturated carbocycles. The second-order valence-electron chi connectivity index (χ2n) is 9.75. The van der Waals surface area contributed by atoms with Crippen LogP contribution >= 0.6 is 23.2 Å². The number of allylic oxidation sites excluding steroid dienone is 4. The minimum atomic E-state index is -0.561. The molecule has 1 amide bonds. The molecule has 192 valence electrons. The Morgan fingerprint density at radius 3 is 2.24 bits per heavy atom. The van der Waals surface area contributed by atoms with E-state index in [9.17, 15) is 14.4 Å². The first-order valence-corrected chi connectivity index (χ1v) is 13.2. The summed E-state index contributed by atoms with van der Waals surface area (Å²) in [7, 11) is 1.95. The number of anilines is 1. The standard InChI is InChI=1S/C29H28Cl2N2O4/c1-16-9-11-18(14-20(16)31)32-26(36)15-37-25-12-10-17(30)13-19(25)27-28-21(5-3-7-23(28)34)33(2)22-6-4-8-24(35)29(22)27/h9-14,27H,3-8,15H2,1-2H3,(H,32,36). The van der Waals surface area contributed by atoms with Gasteiger partial charge in [-0.2, -0.15) is 0 Å². The summed E-state index contributed by atoms with van der Waals surface area (Å²) < 4.78 is 6.01. The lowest BCUT2D eigenvalue weighted by Crippen LogP contribution is -2.37. The van der Waals surface area contributed by atoms with Crippen molar-refractivity contribution in [3.63, 3.8) is 0 Å². The number of hydrogen-bond acceptors (Lipinski definition) is 5. The molecule has 6 nitrogen and oxygen atoms in total. The summed E-state index contributed by atoms with van der Waals surface area (Å²) >= 11 is 12.6. The zero-order chi connectivity index (χ0) is 26.3. The van der Waals surface area contributed by atoms with E-state index in [1.54, 1.807) is 30.3 Å². The average Bonchev–Trinajstić information content (AvgIpc) is 2.87. The monoisotopic (exact) mass is 538 g/mol. The van der Waals surface area contributed by atoms with Gasteiger partial charge in [-0.1, -0.05) is 29.3 Å². The summed E-state index contributed by atoms with van der Waals surface area (Å²) in [5.74, 6) is -0.404. The number of rotatable bonds is 5. The second kappa shape index (κ2) is 10.3. The van der Waals surface area contributed by atoms with Gasteiger partial charge in [-0.05, 0) is 68.5 Å². The van der Waals surface area contributed by atoms with Crippen LogP contribution in [0.5, 0.6) is 5.75 Å². The minimum Gasteiger partial charge on any atom is -0.483 e. The number of halogens is 2. The van der Waals surface area contributed by atoms with Crippen molar-refractivity contribution in [2.45, 2.75) is 51.4 Å². The summed E-state index contributed by atoms with van der Waals surface area (Å²) in [6.07, 6.45) is 4.01. The lowest BCUT2D eigenvalue weighted by Gasteiger charge is -2.42. The van der Waals surface area contributed by atoms with E-state index in [4.69, 9.17) is 27.9 Å². The summed E-state index contributed by atoms with van der Waals surface area (Å²) in [4.78, 5) is 41.3. The normalized spacial score (nSPS) is 18.1. The van der Waals surface area contributed by atoms with Gasteiger partial charge in [0.2, 0.25) is 0 Å². The highest BCUT2D eigenvalue weighted by molar-refractivity contribution is 6.31. The molecule has 1 heterocycles. The molecule has 0 spiro atoms. The van der Waals surface area contributed by atoms with E-state index < -0.39 is 5.92 Å². The van der Waals surface area contributed by atoms with Crippen molar-refractivity contribution in [1.82, 2.24) is 4.90 Å². The van der Waals surface area contributed by atoms with Crippen LogP contribution in [-0.4, -0.2) is 36.0 Å². The maximum atomic E-state index is 13.3. The van der Waals surface area contributed by atoms with Gasteiger partial charge in [0.1, 0.15) is 5.75 Å². The Balaban J connectivity index is 1.50. The summed E-state index contributed by atoms with van der Waals surface area (Å²) in [6, 6.07) is 10.4. The maximum absolute atomic E-state index is 13.3. The Kier molecular flexibility index (Phi) is 7.15. The van der Waals surface area contributed by atoms with Gasteiger partial charge in [-0.15, -0.1) is 0 Å². The number of Topliss-reactive ketones (excluding diaryl/α,β-unsaturated/α-hetero) is 2. The highest BCUT2D eigenvalue weighted by atomic mass is 35.5. The molecule has 1 aliphatic heterocycles. The van der Waals surface area contributed by atoms with Gasteiger partial charge in [-0.3, -0.25) is 14.4 Å². The molecule has 0 radical (unpaired) electrons. The fourth-order valence-electron chi connectivity index (χ4n) is 5.55. The smallest absolute Gasteiger partial charge is 0.262 e. The van der Waals surface area contributed by atoms with Crippen LogP contribution in [-0.2, 0) is 14.4 Å². The van der Waals surface area contributed by atoms with Crippen LogP contribution < -0.4 is 10.1 Å². The molecule has 2 aliphatic carbocycles. The highest BCUT2D eigenvalue weighted by Crippen LogP contribution is 2.50. The van der Waals surface area contributed by atoms with Crippen LogP contribution in [0.4, 0.5) is 5.69 Å². The molecule has 8 heteroatoms. The highest BCUT2D eigenvalue weighted by Gasteiger charge is 2.43. The van der Waals surface area contributed by atoms with Gasteiger partial charge >= 0.3 is 0 Å². The topological polar surface area (TPSA) is 75.7 Å². The largest absolute Gasteiger partial charge is 0.483 e. The van der Waals surface area contributed by atoms with Crippen molar-refractivity contribution in [3.05, 3.63) is 80.1 Å². The lowest BCUT2D eigenvalue weighted by atomic mass is 9.71. The molecule has 5 rings (SSSR count). The van der Waals surface area contributed by atoms with Gasteiger partial charge in [0, 0.05) is 69.6 Å². The van der Waals surface area contributed by atoms with Gasteiger partial charge < -0.3 is 15.0 Å². The molecule has 2 aromatic carbocycles. The molecule has 0 saturated heterocycles. The van der Waals surface area contributed by atoms with Crippen LogP contribution in [0.2, 0.25) is 10.0 Å². The summed E-state index contributed by atoms with van der Waals surface area (Å²) in [5.41, 5.74) is 5.35. The van der Waals surface area contributed by atoms with Crippen LogP contribution in [0, 0.1) is 6.92 Å². The number of nitrogens with one attached hydrogen (secondary N) is 1. The third-order valence-electron chi connectivity index (χ3n) is 7.34. The van der Waals surface area contributed by atoms with Crippen LogP contribution in [0.25, 0.3) is 0 Å². The molecule has 1 N–H and O–H groups in total. The zero-order valence-electron chi connectivity index (χ0n) is 20.8. The number of ether oxygens (including phenoxy) is 1. The first-order chi connectivity index (χ1) is 17.7. The lowest BCUT2D eigenvalue weighted by molar-refractivity contribution is -0.119. The Labute approximate surface area is 226 Å². The van der Waals surface area contributed by atoms with Crippen molar-refractivity contribution < 1.29 is 19.1 Å². The van der Waals surface area contributed by atoms with Gasteiger partial charge in [0.05, 0.1) is 0 Å². The van der Waals surface area contributed by atoms with Crippen molar-refractivity contribution in [3.8, 4) is 5.75 Å². The van der Waals surface area contributed by atoms with Gasteiger partial charge in [-0.25, -0.2) is 0 Å². The fourth-order valence-corrected chi connectivity index (χ4v) is 5.91. The maximum Gasteiger partial charge on any atom is 0.262 e. The number of ketones is 2. The SMILES string of the molecule is Cc1ccc(NC(=O)COc2ccc(Cl)cc2C2C3=C(CCCC3=O)N(C)C3=C2C(=O)CCC3)cc1Cl. The second-order valence-corrected chi connectivity index (χ2v) is 10.6. The van der Waals surface area contributed by atoms with Crippen molar-refractivity contribution in [2.75, 3.05) is 19.0 Å². The molecule has 3 aliphatic rings. The molecule has 0 bridgehead atoms. The molecular formula is C29H28Cl2N2O4. The predicted molar refractivity (Wildman–Crippen MR) is 144 cm³/mol. The van der Waals surface area contributed by atoms with E-state index in [0.29, 0.717) is 51.0 Å². The minimum absolute atomic E-state index is 0.0444. The predicted octanol–water partition coefficient (Wildman–Crippen LogP) is 6.36. The number of nitrogens with zero attached hydrogens (tertiary/aromatic N) is 1. The molecule has 0 unspecified atom stereocenters. The quantitative estimate of drug-likeness (QED) is 0.479. The molecule has 37 heavy (non-hydrogen) atoms. The van der Waals surface area contributed by atoms with E-state index in [-0.39, 0.29) is 24.1 Å². The van der Waals surface area contributed by atoms with E-state index in [1.807, 2.05) is 20.0 Å². The number of carbonyl (C=O) groups excluding carboxylic acids is 3. The molecule has 0 atom stereocenters. The number of carbonyl (C=O) groups is 3. The number of aryl methyl sites for hydroxylation is 1. The summed E-state index contributed by atoms with van der Waals surface area (Å²) in [6.45, 7) is 1.63. The van der Waals surface area contributed by atoms with Crippen LogP contribution in [0.15, 0.2) is 58.9 Å². The average molecular weight is 539 g/mol. The van der Waals surface area contributed by atoms with Crippen LogP contribution in [0.1, 0.15) is 55.6 Å². The van der Waals surface area contributed by atoms with E-state index in [2.05, 4.69) is 10.2 Å². The van der Waals surface area contributed by atoms with E-state index in [1.165, 1.54) is 0 Å². The Morgan fingerprint density at radius 2 is 1.62 bits per heavy atom. The van der Waals surface area contributed by atoms with Gasteiger partial charge in [0.25, 0.3) is 5.91 Å². The molecular weight excluding hydrogens is 511 g/mol. The van der Waals surface area contributed by atoms with Crippen LogP contribution in [0.3, 0.4) is 0 Å². The Morgan fingerprint density at radius 1 is 0.973 bits per heavy atom. The van der Waals surface area contributed by atoms with E-state index in [0.717, 1.165) is 42.6 Å². The van der Waals surface area contributed by atoms with Crippen molar-refractivity contribution in [1.29, 1.82) is 0 Å². The first kappa shape index (κ1) is 25.6. The zero-order valence-corrected chi connectivity index (χ0v) is 22.3. The number of hydrogen-bond donors (Lipinski definition) is 1. The first-order valence-electron chi connectivity index (χ1n) is 12.5. The fraction of sp³-hybridized carbons (Fsp3) is 0.345. The summed E-state index contributed by atoms with van der Waals surface area (Å²) in [5, 5.41) is 3.82. The van der Waals surface area contributed by atoms with Gasteiger partial charge in [0.15, 0.2) is 18.2 Å². The third kappa shape index (κ3) is 4.92. The molecule has 0 fully saturated rings. The Bertz CT molecular complexity index is 1330. The third-order valence-corrected chi connectivity index (χ3v) is 7.98. The molecule has 2 aromatic rings. The number of amides is 1. The number of benzene rings is 2. The van der Waals surface area contributed by atoms with Crippen molar-refractivity contribution in [2.24, 2.45) is 0 Å².